The Bertz CT molecular complexity index is 962. The van der Waals surface area contributed by atoms with Crippen LogP contribution in [0.4, 0.5) is 0 Å². The van der Waals surface area contributed by atoms with Gasteiger partial charge < -0.3 is 14.9 Å². The summed E-state index contributed by atoms with van der Waals surface area (Å²) in [5, 5.41) is 20.9. The summed E-state index contributed by atoms with van der Waals surface area (Å²) < 4.78 is 6.38. The van der Waals surface area contributed by atoms with Crippen molar-refractivity contribution in [2.75, 3.05) is 0 Å². The summed E-state index contributed by atoms with van der Waals surface area (Å²) >= 11 is 0. The Hall–Kier alpha value is -2.49. The Morgan fingerprint density at radius 2 is 1.38 bits per heavy atom. The topological polar surface area (TPSA) is 66.8 Å². The van der Waals surface area contributed by atoms with Gasteiger partial charge in [-0.1, -0.05) is 58.4 Å². The summed E-state index contributed by atoms with van der Waals surface area (Å²) in [5.74, 6) is 0.767. The highest BCUT2D eigenvalue weighted by Crippen LogP contribution is 2.45. The van der Waals surface area contributed by atoms with Gasteiger partial charge >= 0.3 is 5.97 Å². The van der Waals surface area contributed by atoms with Crippen LogP contribution in [0.25, 0.3) is 0 Å². The molecule has 0 saturated heterocycles. The van der Waals surface area contributed by atoms with E-state index in [9.17, 15) is 15.0 Å². The van der Waals surface area contributed by atoms with Crippen LogP contribution in [0, 0.1) is 39.0 Å². The van der Waals surface area contributed by atoms with Crippen molar-refractivity contribution in [3.8, 4) is 11.5 Å². The predicted molar refractivity (Wildman–Crippen MR) is 138 cm³/mol. The molecule has 2 N–H and O–H groups in total. The third-order valence-corrected chi connectivity index (χ3v) is 7.56. The van der Waals surface area contributed by atoms with Crippen LogP contribution in [0.2, 0.25) is 0 Å². The van der Waals surface area contributed by atoms with Crippen LogP contribution in [0.1, 0.15) is 93.2 Å². The molecule has 34 heavy (non-hydrogen) atoms. The van der Waals surface area contributed by atoms with Crippen LogP contribution in [-0.2, 0) is 14.9 Å². The van der Waals surface area contributed by atoms with E-state index < -0.39 is 5.41 Å². The van der Waals surface area contributed by atoms with E-state index in [-0.39, 0.29) is 29.0 Å². The Balaban J connectivity index is 2.21. The molecule has 0 amide bonds. The van der Waals surface area contributed by atoms with Crippen molar-refractivity contribution in [1.82, 2.24) is 0 Å². The molecular formula is C30H42O4. The number of carbonyl (C=O) groups is 1. The predicted octanol–water partition coefficient (Wildman–Crippen LogP) is 7.18. The number of hydrogen-bond donors (Lipinski definition) is 2. The maximum Gasteiger partial charge on any atom is 0.321 e. The average molecular weight is 467 g/mol. The van der Waals surface area contributed by atoms with Gasteiger partial charge in [-0.3, -0.25) is 4.79 Å². The molecule has 0 radical (unpaired) electrons. The lowest BCUT2D eigenvalue weighted by molar-refractivity contribution is -0.159. The molecule has 0 aliphatic heterocycles. The fraction of sp³-hybridized carbons (Fsp3) is 0.567. The highest BCUT2D eigenvalue weighted by atomic mass is 16.5. The molecule has 1 aliphatic rings. The van der Waals surface area contributed by atoms with Gasteiger partial charge in [0, 0.05) is 0 Å². The van der Waals surface area contributed by atoms with Crippen LogP contribution in [0.3, 0.4) is 0 Å². The molecule has 2 unspecified atom stereocenters. The van der Waals surface area contributed by atoms with Crippen LogP contribution < -0.4 is 0 Å². The zero-order valence-electron chi connectivity index (χ0n) is 22.2. The third-order valence-electron chi connectivity index (χ3n) is 7.56. The maximum atomic E-state index is 14.3. The second-order valence-electron chi connectivity index (χ2n) is 11.5. The number of hydrogen-bond acceptors (Lipinski definition) is 4. The molecule has 1 fully saturated rings. The summed E-state index contributed by atoms with van der Waals surface area (Å²) in [6, 6.07) is 7.68. The minimum absolute atomic E-state index is 0.124. The molecule has 4 nitrogen and oxygen atoms in total. The van der Waals surface area contributed by atoms with Crippen molar-refractivity contribution in [3.63, 3.8) is 0 Å². The second-order valence-corrected chi connectivity index (χ2v) is 11.5. The molecule has 3 rings (SSSR count). The summed E-state index contributed by atoms with van der Waals surface area (Å²) in [6.45, 7) is 16.3. The maximum absolute atomic E-state index is 14.3. The minimum atomic E-state index is -1.02. The van der Waals surface area contributed by atoms with Gasteiger partial charge in [-0.05, 0) is 98.1 Å². The third kappa shape index (κ3) is 4.96. The number of aromatic hydroxyl groups is 2. The van der Waals surface area contributed by atoms with E-state index >= 15 is 0 Å². The molecule has 2 aromatic rings. The molecule has 0 aromatic heterocycles. The van der Waals surface area contributed by atoms with E-state index in [0.29, 0.717) is 12.3 Å². The van der Waals surface area contributed by atoms with Gasteiger partial charge in [0.1, 0.15) is 23.0 Å². The Labute approximate surface area is 205 Å². The second kappa shape index (κ2) is 9.64. The Morgan fingerprint density at radius 1 is 0.941 bits per heavy atom. The average Bonchev–Trinajstić information content (AvgIpc) is 2.71. The SMILES string of the molecule is CCCC(C(=O)OC1CC(C)CC(C)(C)C1)(c1cc(C)c(O)c(C)c1)c1cc(C)c(O)c(C)c1. The molecule has 0 spiro atoms. The highest BCUT2D eigenvalue weighted by Gasteiger charge is 2.46. The molecule has 1 aliphatic carbocycles. The molecular weight excluding hydrogens is 424 g/mol. The largest absolute Gasteiger partial charge is 0.507 e. The minimum Gasteiger partial charge on any atom is -0.507 e. The molecule has 1 saturated carbocycles. The number of rotatable bonds is 6. The van der Waals surface area contributed by atoms with Crippen molar-refractivity contribution < 1.29 is 19.7 Å². The van der Waals surface area contributed by atoms with Gasteiger partial charge in [0.25, 0.3) is 0 Å². The van der Waals surface area contributed by atoms with Gasteiger partial charge in [0.15, 0.2) is 0 Å². The fourth-order valence-corrected chi connectivity index (χ4v) is 6.17. The summed E-state index contributed by atoms with van der Waals surface area (Å²) in [4.78, 5) is 14.3. The number of benzene rings is 2. The molecule has 2 aromatic carbocycles. The van der Waals surface area contributed by atoms with E-state index in [0.717, 1.165) is 59.1 Å². The van der Waals surface area contributed by atoms with Crippen molar-refractivity contribution in [2.24, 2.45) is 11.3 Å². The van der Waals surface area contributed by atoms with Crippen molar-refractivity contribution in [2.45, 2.75) is 99.0 Å². The van der Waals surface area contributed by atoms with E-state index in [4.69, 9.17) is 4.74 Å². The van der Waals surface area contributed by atoms with Crippen LogP contribution in [0.5, 0.6) is 11.5 Å². The van der Waals surface area contributed by atoms with Gasteiger partial charge in [-0.25, -0.2) is 0 Å². The standard InChI is InChI=1S/C30H42O4/c1-9-10-30(23-12-19(3)26(31)20(4)13-23,24-14-21(5)27(32)22(6)15-24)28(33)34-25-11-18(2)16-29(7,8)17-25/h12-15,18,25,31-32H,9-11,16-17H2,1-8H3. The zero-order valence-corrected chi connectivity index (χ0v) is 22.2. The first-order chi connectivity index (χ1) is 15.8. The lowest BCUT2D eigenvalue weighted by atomic mass is 9.69. The molecule has 186 valence electrons. The van der Waals surface area contributed by atoms with Crippen LogP contribution in [0.15, 0.2) is 24.3 Å². The Kier molecular flexibility index (Phi) is 7.40. The van der Waals surface area contributed by atoms with E-state index in [2.05, 4.69) is 27.7 Å². The first kappa shape index (κ1) is 26.1. The molecule has 4 heteroatoms. The Morgan fingerprint density at radius 3 is 1.76 bits per heavy atom. The number of aryl methyl sites for hydroxylation is 4. The van der Waals surface area contributed by atoms with Crippen LogP contribution >= 0.6 is 0 Å². The number of phenols is 2. The number of esters is 1. The molecule has 2 atom stereocenters. The first-order valence-corrected chi connectivity index (χ1v) is 12.6. The van der Waals surface area contributed by atoms with Gasteiger partial charge in [0.2, 0.25) is 0 Å². The lowest BCUT2D eigenvalue weighted by Crippen LogP contribution is -2.43. The lowest BCUT2D eigenvalue weighted by Gasteiger charge is -2.41. The van der Waals surface area contributed by atoms with Gasteiger partial charge in [-0.2, -0.15) is 0 Å². The monoisotopic (exact) mass is 466 g/mol. The van der Waals surface area contributed by atoms with Crippen molar-refractivity contribution >= 4 is 5.97 Å². The van der Waals surface area contributed by atoms with Gasteiger partial charge in [-0.15, -0.1) is 0 Å². The van der Waals surface area contributed by atoms with E-state index in [1.807, 2.05) is 52.0 Å². The van der Waals surface area contributed by atoms with E-state index in [1.54, 1.807) is 0 Å². The highest BCUT2D eigenvalue weighted by molar-refractivity contribution is 5.88. The summed E-state index contributed by atoms with van der Waals surface area (Å²) in [5.41, 5.74) is 3.73. The first-order valence-electron chi connectivity index (χ1n) is 12.6. The summed E-state index contributed by atoms with van der Waals surface area (Å²) in [7, 11) is 0. The molecule has 0 heterocycles. The number of phenolic OH excluding ortho intramolecular Hbond substituents is 2. The normalized spacial score (nSPS) is 20.2. The quantitative estimate of drug-likeness (QED) is 0.443. The van der Waals surface area contributed by atoms with Crippen molar-refractivity contribution in [3.05, 3.63) is 57.6 Å². The van der Waals surface area contributed by atoms with Crippen molar-refractivity contribution in [1.29, 1.82) is 0 Å². The summed E-state index contributed by atoms with van der Waals surface area (Å²) in [6.07, 6.45) is 4.09. The fourth-order valence-electron chi connectivity index (χ4n) is 6.17. The zero-order chi connectivity index (χ0) is 25.4. The number of carbonyl (C=O) groups excluding carboxylic acids is 1. The smallest absolute Gasteiger partial charge is 0.321 e. The van der Waals surface area contributed by atoms with Gasteiger partial charge in [0.05, 0.1) is 0 Å². The van der Waals surface area contributed by atoms with E-state index in [1.165, 1.54) is 0 Å². The van der Waals surface area contributed by atoms with Crippen LogP contribution in [-0.4, -0.2) is 22.3 Å². The number of ether oxygens (including phenoxy) is 1. The molecule has 0 bridgehead atoms.